The quantitative estimate of drug-likeness (QED) is 0.860. The van der Waals surface area contributed by atoms with Crippen molar-refractivity contribution < 1.29 is 0 Å². The van der Waals surface area contributed by atoms with Gasteiger partial charge in [0.15, 0.2) is 0 Å². The van der Waals surface area contributed by atoms with Crippen LogP contribution in [0.25, 0.3) is 0 Å². The zero-order valence-electron chi connectivity index (χ0n) is 12.9. The number of fused-ring (bicyclic) bond motifs is 1. The molecule has 1 atom stereocenters. The van der Waals surface area contributed by atoms with Crippen LogP contribution < -0.4 is 5.32 Å². The van der Waals surface area contributed by atoms with Gasteiger partial charge in [-0.15, -0.1) is 11.3 Å². The molecule has 112 valence electrons. The number of nitrogens with zero attached hydrogens (tertiary/aromatic N) is 1. The lowest BCUT2D eigenvalue weighted by molar-refractivity contribution is 0.450. The lowest BCUT2D eigenvalue weighted by Gasteiger charge is -2.19. The summed E-state index contributed by atoms with van der Waals surface area (Å²) < 4.78 is 0. The van der Waals surface area contributed by atoms with E-state index in [1.165, 1.54) is 40.4 Å². The van der Waals surface area contributed by atoms with E-state index in [4.69, 9.17) is 4.98 Å². The highest BCUT2D eigenvalue weighted by molar-refractivity contribution is 7.11. The smallest absolute Gasteiger partial charge is 0.110 e. The first-order valence-electron chi connectivity index (χ1n) is 8.01. The minimum atomic E-state index is 0.390. The summed E-state index contributed by atoms with van der Waals surface area (Å²) in [4.78, 5) is 6.44. The molecule has 2 nitrogen and oxygen atoms in total. The first-order chi connectivity index (χ1) is 10.2. The van der Waals surface area contributed by atoms with Crippen LogP contribution in [0.1, 0.15) is 53.9 Å². The summed E-state index contributed by atoms with van der Waals surface area (Å²) in [5, 5.41) is 5.00. The summed E-state index contributed by atoms with van der Waals surface area (Å²) in [7, 11) is 0. The van der Waals surface area contributed by atoms with Gasteiger partial charge in [0.2, 0.25) is 0 Å². The predicted molar refractivity (Wildman–Crippen MR) is 89.9 cm³/mol. The molecule has 1 unspecified atom stereocenters. The van der Waals surface area contributed by atoms with E-state index >= 15 is 0 Å². The maximum absolute atomic E-state index is 4.91. The molecule has 0 bridgehead atoms. The fourth-order valence-electron chi connectivity index (χ4n) is 3.00. The van der Waals surface area contributed by atoms with Crippen molar-refractivity contribution in [3.8, 4) is 0 Å². The third-order valence-corrected chi connectivity index (χ3v) is 5.28. The summed E-state index contributed by atoms with van der Waals surface area (Å²) in [6.07, 6.45) is 5.93. The molecule has 0 amide bonds. The molecular formula is C18H24N2S. The van der Waals surface area contributed by atoms with Crippen LogP contribution in [0.15, 0.2) is 30.3 Å². The van der Waals surface area contributed by atoms with E-state index in [2.05, 4.69) is 49.5 Å². The van der Waals surface area contributed by atoms with Crippen molar-refractivity contribution >= 4 is 11.3 Å². The maximum atomic E-state index is 4.91. The fraction of sp³-hybridized carbons (Fsp3) is 0.500. The van der Waals surface area contributed by atoms with Gasteiger partial charge in [-0.2, -0.15) is 0 Å². The van der Waals surface area contributed by atoms with Crippen molar-refractivity contribution in [3.05, 3.63) is 51.5 Å². The molecule has 1 aromatic heterocycles. The second-order valence-corrected chi connectivity index (χ2v) is 7.29. The van der Waals surface area contributed by atoms with Crippen LogP contribution in [-0.4, -0.2) is 11.0 Å². The van der Waals surface area contributed by atoms with E-state index in [9.17, 15) is 0 Å². The molecule has 1 heterocycles. The highest BCUT2D eigenvalue weighted by atomic mass is 32.1. The molecule has 1 N–H and O–H groups in total. The highest BCUT2D eigenvalue weighted by Crippen LogP contribution is 2.32. The van der Waals surface area contributed by atoms with Gasteiger partial charge in [0.1, 0.15) is 5.01 Å². The SMILES string of the molecule is CC(C)NC(CCc1ccccc1)c1nc2c(s1)CCC2. The van der Waals surface area contributed by atoms with Crippen LogP contribution >= 0.6 is 11.3 Å². The van der Waals surface area contributed by atoms with Gasteiger partial charge in [-0.1, -0.05) is 44.2 Å². The molecule has 1 aromatic carbocycles. The Bertz CT molecular complexity index is 553. The zero-order valence-corrected chi connectivity index (χ0v) is 13.7. The molecule has 0 saturated heterocycles. The molecule has 1 aliphatic rings. The Kier molecular flexibility index (Phi) is 4.71. The van der Waals surface area contributed by atoms with Crippen LogP contribution in [-0.2, 0) is 19.3 Å². The largest absolute Gasteiger partial charge is 0.306 e. The molecule has 3 rings (SSSR count). The summed E-state index contributed by atoms with van der Waals surface area (Å²) in [6.45, 7) is 4.44. The number of thiazole rings is 1. The van der Waals surface area contributed by atoms with Gasteiger partial charge >= 0.3 is 0 Å². The zero-order chi connectivity index (χ0) is 14.7. The van der Waals surface area contributed by atoms with E-state index in [1.807, 2.05) is 11.3 Å². The Labute approximate surface area is 131 Å². The molecule has 0 saturated carbocycles. The van der Waals surface area contributed by atoms with Crippen molar-refractivity contribution in [1.82, 2.24) is 10.3 Å². The van der Waals surface area contributed by atoms with Gasteiger partial charge in [0, 0.05) is 10.9 Å². The monoisotopic (exact) mass is 300 g/mol. The Morgan fingerprint density at radius 3 is 2.71 bits per heavy atom. The standard InChI is InChI=1S/C18H24N2S/c1-13(2)19-16(12-11-14-7-4-3-5-8-14)18-20-15-9-6-10-17(15)21-18/h3-5,7-8,13,16,19H,6,9-12H2,1-2H3. The number of aryl methyl sites for hydroxylation is 3. The summed E-state index contributed by atoms with van der Waals surface area (Å²) in [6, 6.07) is 11.6. The summed E-state index contributed by atoms with van der Waals surface area (Å²) in [5.41, 5.74) is 2.78. The number of rotatable bonds is 6. The molecule has 1 aliphatic carbocycles. The third-order valence-electron chi connectivity index (χ3n) is 4.01. The Morgan fingerprint density at radius 2 is 2.00 bits per heavy atom. The van der Waals surface area contributed by atoms with Gasteiger partial charge in [-0.05, 0) is 37.7 Å². The molecular weight excluding hydrogens is 276 g/mol. The Balaban J connectivity index is 1.71. The minimum Gasteiger partial charge on any atom is -0.306 e. The van der Waals surface area contributed by atoms with E-state index < -0.39 is 0 Å². The molecule has 21 heavy (non-hydrogen) atoms. The fourth-order valence-corrected chi connectivity index (χ4v) is 4.24. The number of hydrogen-bond donors (Lipinski definition) is 1. The van der Waals surface area contributed by atoms with Gasteiger partial charge < -0.3 is 5.32 Å². The summed E-state index contributed by atoms with van der Waals surface area (Å²) >= 11 is 1.93. The predicted octanol–water partition coefficient (Wildman–Crippen LogP) is 4.30. The Morgan fingerprint density at radius 1 is 1.19 bits per heavy atom. The topological polar surface area (TPSA) is 24.9 Å². The average molecular weight is 300 g/mol. The minimum absolute atomic E-state index is 0.390. The number of aromatic nitrogens is 1. The van der Waals surface area contributed by atoms with Crippen molar-refractivity contribution in [2.45, 2.75) is 58.0 Å². The lowest BCUT2D eigenvalue weighted by atomic mass is 10.0. The average Bonchev–Trinajstić information content (AvgIpc) is 3.05. The number of benzene rings is 1. The van der Waals surface area contributed by atoms with Gasteiger partial charge in [0.05, 0.1) is 11.7 Å². The Hall–Kier alpha value is -1.19. The second-order valence-electron chi connectivity index (χ2n) is 6.17. The van der Waals surface area contributed by atoms with E-state index in [1.54, 1.807) is 0 Å². The van der Waals surface area contributed by atoms with Gasteiger partial charge in [0.25, 0.3) is 0 Å². The molecule has 0 aliphatic heterocycles. The second kappa shape index (κ2) is 6.71. The van der Waals surface area contributed by atoms with E-state index in [0.717, 1.165) is 12.8 Å². The van der Waals surface area contributed by atoms with Crippen molar-refractivity contribution in [2.75, 3.05) is 0 Å². The maximum Gasteiger partial charge on any atom is 0.110 e. The van der Waals surface area contributed by atoms with Crippen LogP contribution in [0.5, 0.6) is 0 Å². The number of hydrogen-bond acceptors (Lipinski definition) is 3. The molecule has 2 aromatic rings. The van der Waals surface area contributed by atoms with Crippen molar-refractivity contribution in [3.63, 3.8) is 0 Å². The van der Waals surface area contributed by atoms with Gasteiger partial charge in [-0.3, -0.25) is 0 Å². The normalized spacial score (nSPS) is 15.4. The van der Waals surface area contributed by atoms with Crippen LogP contribution in [0.3, 0.4) is 0 Å². The third kappa shape index (κ3) is 3.72. The molecule has 0 spiro atoms. The first-order valence-corrected chi connectivity index (χ1v) is 8.82. The first kappa shape index (κ1) is 14.7. The molecule has 0 radical (unpaired) electrons. The van der Waals surface area contributed by atoms with Crippen LogP contribution in [0, 0.1) is 0 Å². The van der Waals surface area contributed by atoms with E-state index in [0.29, 0.717) is 12.1 Å². The number of nitrogens with one attached hydrogen (secondary N) is 1. The van der Waals surface area contributed by atoms with Gasteiger partial charge in [-0.25, -0.2) is 4.98 Å². The van der Waals surface area contributed by atoms with Crippen molar-refractivity contribution in [2.24, 2.45) is 0 Å². The summed E-state index contributed by atoms with van der Waals surface area (Å²) in [5.74, 6) is 0. The van der Waals surface area contributed by atoms with Crippen LogP contribution in [0.2, 0.25) is 0 Å². The van der Waals surface area contributed by atoms with Crippen LogP contribution in [0.4, 0.5) is 0 Å². The molecule has 0 fully saturated rings. The van der Waals surface area contributed by atoms with Crippen molar-refractivity contribution in [1.29, 1.82) is 0 Å². The van der Waals surface area contributed by atoms with E-state index in [-0.39, 0.29) is 0 Å². The lowest BCUT2D eigenvalue weighted by Crippen LogP contribution is -2.28. The highest BCUT2D eigenvalue weighted by Gasteiger charge is 2.22. The molecule has 3 heteroatoms.